The van der Waals surface area contributed by atoms with Crippen LogP contribution >= 0.6 is 11.6 Å². The van der Waals surface area contributed by atoms with Gasteiger partial charge in [0.1, 0.15) is 6.61 Å². The summed E-state index contributed by atoms with van der Waals surface area (Å²) in [7, 11) is 0. The number of amides is 1. The predicted octanol–water partition coefficient (Wildman–Crippen LogP) is 2.40. The summed E-state index contributed by atoms with van der Waals surface area (Å²) in [6.07, 6.45) is 0.512. The van der Waals surface area contributed by atoms with E-state index in [4.69, 9.17) is 21.1 Å². The van der Waals surface area contributed by atoms with Crippen LogP contribution in [0.4, 0.5) is 4.79 Å². The van der Waals surface area contributed by atoms with Gasteiger partial charge in [-0.05, 0) is 12.0 Å². The number of alkyl halides is 1. The Morgan fingerprint density at radius 3 is 3.00 bits per heavy atom. The van der Waals surface area contributed by atoms with E-state index in [9.17, 15) is 4.79 Å². The molecule has 2 aliphatic rings. The molecule has 1 saturated carbocycles. The van der Waals surface area contributed by atoms with Crippen molar-refractivity contribution >= 4 is 17.7 Å². The maximum absolute atomic E-state index is 12.1. The summed E-state index contributed by atoms with van der Waals surface area (Å²) in [6, 6.07) is 9.63. The molecule has 102 valence electrons. The van der Waals surface area contributed by atoms with Crippen LogP contribution in [0, 0.1) is 0 Å². The van der Waals surface area contributed by atoms with Gasteiger partial charge in [0.15, 0.2) is 0 Å². The van der Waals surface area contributed by atoms with E-state index in [0.717, 1.165) is 12.0 Å². The van der Waals surface area contributed by atoms with Crippen molar-refractivity contribution in [2.45, 2.75) is 30.6 Å². The van der Waals surface area contributed by atoms with Crippen molar-refractivity contribution in [3.05, 3.63) is 35.9 Å². The third kappa shape index (κ3) is 2.69. The van der Waals surface area contributed by atoms with E-state index < -0.39 is 0 Å². The Hall–Kier alpha value is -1.26. The Bertz CT molecular complexity index is 453. The first-order chi connectivity index (χ1) is 9.27. The standard InChI is InChI=1S/C14H16ClNO3/c15-11-12-13(11)18-8-4-7-16(12)14(17)19-9-10-5-2-1-3-6-10/h1-3,5-6,11-13H,4,7-9H2/t11-,12?,13-/m0/s1. The summed E-state index contributed by atoms with van der Waals surface area (Å²) < 4.78 is 10.9. The minimum Gasteiger partial charge on any atom is -0.445 e. The molecule has 1 aliphatic heterocycles. The molecule has 1 aromatic carbocycles. The summed E-state index contributed by atoms with van der Waals surface area (Å²) >= 11 is 6.11. The molecule has 2 fully saturated rings. The van der Waals surface area contributed by atoms with E-state index in [1.54, 1.807) is 4.90 Å². The number of carbonyl (C=O) groups is 1. The second-order valence-electron chi connectivity index (χ2n) is 4.86. The number of carbonyl (C=O) groups excluding carboxylic acids is 1. The number of fused-ring (bicyclic) bond motifs is 1. The number of benzene rings is 1. The Morgan fingerprint density at radius 1 is 1.42 bits per heavy atom. The van der Waals surface area contributed by atoms with Gasteiger partial charge in [0, 0.05) is 13.2 Å². The van der Waals surface area contributed by atoms with Gasteiger partial charge in [-0.1, -0.05) is 30.3 Å². The lowest BCUT2D eigenvalue weighted by Gasteiger charge is -2.20. The predicted molar refractivity (Wildman–Crippen MR) is 71.1 cm³/mol. The SMILES string of the molecule is O=C(OCc1ccccc1)N1CCCO[C@@H]2C1[C@@H]2Cl. The topological polar surface area (TPSA) is 38.8 Å². The second kappa shape index (κ2) is 5.39. The lowest BCUT2D eigenvalue weighted by Crippen LogP contribution is -2.36. The molecule has 1 saturated heterocycles. The molecule has 0 radical (unpaired) electrons. The fraction of sp³-hybridized carbons (Fsp3) is 0.500. The van der Waals surface area contributed by atoms with Crippen molar-refractivity contribution in [3.8, 4) is 0 Å². The van der Waals surface area contributed by atoms with E-state index in [-0.39, 0.29) is 23.6 Å². The molecule has 1 aliphatic carbocycles. The minimum atomic E-state index is -0.299. The number of rotatable bonds is 2. The lowest BCUT2D eigenvalue weighted by atomic mass is 10.2. The molecular formula is C14H16ClNO3. The summed E-state index contributed by atoms with van der Waals surface area (Å²) in [5.41, 5.74) is 0.983. The second-order valence-corrected chi connectivity index (χ2v) is 5.36. The van der Waals surface area contributed by atoms with Gasteiger partial charge in [-0.3, -0.25) is 0 Å². The monoisotopic (exact) mass is 281 g/mol. The van der Waals surface area contributed by atoms with Gasteiger partial charge in [-0.2, -0.15) is 0 Å². The number of nitrogens with zero attached hydrogens (tertiary/aromatic N) is 1. The number of halogens is 1. The van der Waals surface area contributed by atoms with Gasteiger partial charge in [0.05, 0.1) is 17.5 Å². The molecule has 19 heavy (non-hydrogen) atoms. The smallest absolute Gasteiger partial charge is 0.410 e. The largest absolute Gasteiger partial charge is 0.445 e. The van der Waals surface area contributed by atoms with Crippen molar-refractivity contribution < 1.29 is 14.3 Å². The van der Waals surface area contributed by atoms with Crippen LogP contribution in [0.15, 0.2) is 30.3 Å². The normalized spacial score (nSPS) is 29.3. The highest BCUT2D eigenvalue weighted by Crippen LogP contribution is 2.39. The van der Waals surface area contributed by atoms with Gasteiger partial charge >= 0.3 is 6.09 Å². The third-order valence-corrected chi connectivity index (χ3v) is 4.00. The van der Waals surface area contributed by atoms with Gasteiger partial charge < -0.3 is 14.4 Å². The van der Waals surface area contributed by atoms with E-state index in [1.165, 1.54) is 0 Å². The van der Waals surface area contributed by atoms with E-state index >= 15 is 0 Å². The zero-order chi connectivity index (χ0) is 13.2. The number of hydrogen-bond donors (Lipinski definition) is 0. The van der Waals surface area contributed by atoms with E-state index in [2.05, 4.69) is 0 Å². The van der Waals surface area contributed by atoms with E-state index in [1.807, 2.05) is 30.3 Å². The summed E-state index contributed by atoms with van der Waals surface area (Å²) in [5, 5.41) is -0.0930. The molecule has 4 nitrogen and oxygen atoms in total. The highest BCUT2D eigenvalue weighted by molar-refractivity contribution is 6.24. The zero-order valence-corrected chi connectivity index (χ0v) is 11.3. The highest BCUT2D eigenvalue weighted by atomic mass is 35.5. The van der Waals surface area contributed by atoms with Gasteiger partial charge in [0.25, 0.3) is 0 Å². The molecule has 1 heterocycles. The average molecular weight is 282 g/mol. The first-order valence-electron chi connectivity index (χ1n) is 6.50. The molecule has 1 unspecified atom stereocenters. The van der Waals surface area contributed by atoms with Crippen molar-refractivity contribution in [3.63, 3.8) is 0 Å². The minimum absolute atomic E-state index is 0.0200. The Balaban J connectivity index is 1.58. The van der Waals surface area contributed by atoms with Crippen LogP contribution in [-0.4, -0.2) is 41.7 Å². The molecule has 3 atom stereocenters. The van der Waals surface area contributed by atoms with Crippen LogP contribution in [-0.2, 0) is 16.1 Å². The van der Waals surface area contributed by atoms with Crippen LogP contribution in [0.5, 0.6) is 0 Å². The maximum Gasteiger partial charge on any atom is 0.410 e. The van der Waals surface area contributed by atoms with Crippen molar-refractivity contribution in [2.75, 3.05) is 13.2 Å². The zero-order valence-electron chi connectivity index (χ0n) is 10.5. The molecule has 1 aromatic rings. The summed E-state index contributed by atoms with van der Waals surface area (Å²) in [4.78, 5) is 13.8. The molecule has 0 aromatic heterocycles. The molecule has 0 N–H and O–H groups in total. The first-order valence-corrected chi connectivity index (χ1v) is 6.94. The van der Waals surface area contributed by atoms with Crippen molar-refractivity contribution in [2.24, 2.45) is 0 Å². The third-order valence-electron chi connectivity index (χ3n) is 3.49. The fourth-order valence-electron chi connectivity index (χ4n) is 2.39. The van der Waals surface area contributed by atoms with E-state index in [0.29, 0.717) is 19.8 Å². The van der Waals surface area contributed by atoms with Crippen LogP contribution in [0.3, 0.4) is 0 Å². The molecule has 0 spiro atoms. The van der Waals surface area contributed by atoms with Gasteiger partial charge in [-0.25, -0.2) is 4.79 Å². The van der Waals surface area contributed by atoms with Crippen molar-refractivity contribution in [1.29, 1.82) is 0 Å². The summed E-state index contributed by atoms with van der Waals surface area (Å²) in [6.45, 7) is 1.60. The van der Waals surface area contributed by atoms with Gasteiger partial charge in [0.2, 0.25) is 0 Å². The number of ether oxygens (including phenoxy) is 2. The first kappa shape index (κ1) is 12.8. The Labute approximate surface area is 117 Å². The summed E-state index contributed by atoms with van der Waals surface area (Å²) in [5.74, 6) is 0. The maximum atomic E-state index is 12.1. The van der Waals surface area contributed by atoms with Crippen LogP contribution in [0.1, 0.15) is 12.0 Å². The van der Waals surface area contributed by atoms with Crippen LogP contribution in [0.25, 0.3) is 0 Å². The van der Waals surface area contributed by atoms with Crippen LogP contribution < -0.4 is 0 Å². The molecule has 0 bridgehead atoms. The fourth-order valence-corrected chi connectivity index (χ4v) is 2.81. The average Bonchev–Trinajstić information content (AvgIpc) is 3.13. The molecular weight excluding hydrogens is 266 g/mol. The van der Waals surface area contributed by atoms with Crippen molar-refractivity contribution in [1.82, 2.24) is 4.90 Å². The van der Waals surface area contributed by atoms with Crippen LogP contribution in [0.2, 0.25) is 0 Å². The Kier molecular flexibility index (Phi) is 3.62. The number of hydrogen-bond acceptors (Lipinski definition) is 3. The molecule has 1 amide bonds. The molecule has 3 rings (SSSR count). The quantitative estimate of drug-likeness (QED) is 0.782. The Morgan fingerprint density at radius 2 is 2.21 bits per heavy atom. The highest BCUT2D eigenvalue weighted by Gasteiger charge is 2.56. The molecule has 5 heteroatoms. The lowest BCUT2D eigenvalue weighted by molar-refractivity contribution is 0.0902. The van der Waals surface area contributed by atoms with Gasteiger partial charge in [-0.15, -0.1) is 11.6 Å².